The maximum absolute atomic E-state index is 12.6. The largest absolute Gasteiger partial charge is 0.505 e. The van der Waals surface area contributed by atoms with Crippen molar-refractivity contribution in [2.75, 3.05) is 12.4 Å². The Morgan fingerprint density at radius 2 is 1.45 bits per heavy atom. The molecule has 0 unspecified atom stereocenters. The van der Waals surface area contributed by atoms with Crippen LogP contribution in [-0.4, -0.2) is 44.1 Å². The Morgan fingerprint density at radius 3 is 2.09 bits per heavy atom. The van der Waals surface area contributed by atoms with Gasteiger partial charge in [-0.3, -0.25) is 13.9 Å². The van der Waals surface area contributed by atoms with Crippen LogP contribution >= 0.6 is 0 Å². The minimum Gasteiger partial charge on any atom is -0.505 e. The van der Waals surface area contributed by atoms with E-state index < -0.39 is 42.5 Å². The zero-order valence-corrected chi connectivity index (χ0v) is 26.2. The van der Waals surface area contributed by atoms with E-state index in [0.717, 1.165) is 6.07 Å². The molecule has 1 amide bonds. The molecule has 5 aromatic carbocycles. The molecule has 240 valence electrons. The normalized spacial score (nSPS) is 12.2. The Balaban J connectivity index is 1.47. The number of hydrogen-bond acceptors (Lipinski definition) is 11. The van der Waals surface area contributed by atoms with Crippen LogP contribution in [0, 0.1) is 6.92 Å². The number of azo groups is 2. The van der Waals surface area contributed by atoms with Crippen LogP contribution in [0.5, 0.6) is 11.5 Å². The molecule has 16 heteroatoms. The van der Waals surface area contributed by atoms with Gasteiger partial charge in [-0.15, -0.1) is 10.2 Å². The number of phenolic OH excluding ortho intramolecular Hbond substituents is 1. The van der Waals surface area contributed by atoms with Crippen LogP contribution in [0.2, 0.25) is 0 Å². The fourth-order valence-corrected chi connectivity index (χ4v) is 5.56. The highest BCUT2D eigenvalue weighted by molar-refractivity contribution is 7.86. The summed E-state index contributed by atoms with van der Waals surface area (Å²) in [5.74, 6) is -0.830. The van der Waals surface area contributed by atoms with Crippen molar-refractivity contribution >= 4 is 65.4 Å². The number of ether oxygens (including phenoxy) is 1. The second-order valence-electron chi connectivity index (χ2n) is 9.98. The molecule has 0 bridgehead atoms. The molecule has 47 heavy (non-hydrogen) atoms. The van der Waals surface area contributed by atoms with E-state index in [9.17, 15) is 31.3 Å². The number of methoxy groups -OCH3 is 1. The highest BCUT2D eigenvalue weighted by Gasteiger charge is 2.23. The third kappa shape index (κ3) is 7.47. The van der Waals surface area contributed by atoms with Gasteiger partial charge in [0.1, 0.15) is 22.0 Å². The summed E-state index contributed by atoms with van der Waals surface area (Å²) in [6, 6.07) is 22.0. The van der Waals surface area contributed by atoms with Gasteiger partial charge in [-0.05, 0) is 84.6 Å². The first-order valence-corrected chi connectivity index (χ1v) is 16.4. The smallest absolute Gasteiger partial charge is 0.296 e. The molecule has 0 saturated carbocycles. The van der Waals surface area contributed by atoms with Gasteiger partial charge < -0.3 is 15.2 Å². The Hall–Kier alpha value is -5.55. The lowest BCUT2D eigenvalue weighted by atomic mass is 10.1. The second kappa shape index (κ2) is 13.1. The number of nitrogens with zero attached hydrogens (tertiary/aromatic N) is 4. The van der Waals surface area contributed by atoms with E-state index in [0.29, 0.717) is 28.2 Å². The first kappa shape index (κ1) is 32.8. The summed E-state index contributed by atoms with van der Waals surface area (Å²) in [6.07, 6.45) is 0. The standard InChI is InChI=1S/C31H25N5O9S2/c1-18-14-26(27(45-2)17-25(18)34-33-21-8-11-23(12-9-21)46(39,40)41)35-36-29-28(47(42,43)44)16-20-15-22(10-13-24(20)30(29)37)32-31(38)19-6-4-3-5-7-19/h3-17,37H,1-2H3,(H,32,38)(H,39,40,41)(H,42,43,44). The van der Waals surface area contributed by atoms with E-state index >= 15 is 0 Å². The number of anilines is 1. The summed E-state index contributed by atoms with van der Waals surface area (Å²) in [6.45, 7) is 1.68. The number of aromatic hydroxyl groups is 1. The van der Waals surface area contributed by atoms with Crippen molar-refractivity contribution in [2.45, 2.75) is 16.7 Å². The molecule has 0 aliphatic heterocycles. The average molecular weight is 676 g/mol. The van der Waals surface area contributed by atoms with Crippen molar-refractivity contribution < 1.29 is 40.6 Å². The zero-order chi connectivity index (χ0) is 33.9. The molecule has 0 heterocycles. The van der Waals surface area contributed by atoms with E-state index in [1.165, 1.54) is 61.7 Å². The van der Waals surface area contributed by atoms with Gasteiger partial charge in [0.25, 0.3) is 26.1 Å². The van der Waals surface area contributed by atoms with E-state index in [1.54, 1.807) is 37.3 Å². The van der Waals surface area contributed by atoms with Gasteiger partial charge >= 0.3 is 0 Å². The maximum atomic E-state index is 12.6. The summed E-state index contributed by atoms with van der Waals surface area (Å²) in [4.78, 5) is 11.6. The number of carbonyl (C=O) groups excluding carboxylic acids is 1. The van der Waals surface area contributed by atoms with Gasteiger partial charge in [0.05, 0.1) is 23.4 Å². The number of phenols is 1. The van der Waals surface area contributed by atoms with Crippen molar-refractivity contribution in [1.82, 2.24) is 0 Å². The molecule has 4 N–H and O–H groups in total. The Morgan fingerprint density at radius 1 is 0.766 bits per heavy atom. The fraction of sp³-hybridized carbons (Fsp3) is 0.0645. The van der Waals surface area contributed by atoms with Crippen molar-refractivity contribution in [3.8, 4) is 11.5 Å². The SMILES string of the molecule is COc1cc(N=Nc2ccc(S(=O)(=O)O)cc2)c(C)cc1N=Nc1c(S(=O)(=O)O)cc2cc(NC(=O)c3ccccc3)ccc2c1O. The van der Waals surface area contributed by atoms with Crippen LogP contribution in [0.15, 0.2) is 121 Å². The van der Waals surface area contributed by atoms with Crippen LogP contribution in [0.1, 0.15) is 15.9 Å². The summed E-state index contributed by atoms with van der Waals surface area (Å²) >= 11 is 0. The first-order valence-electron chi connectivity index (χ1n) is 13.5. The van der Waals surface area contributed by atoms with Crippen LogP contribution in [0.25, 0.3) is 10.8 Å². The predicted octanol–water partition coefficient (Wildman–Crippen LogP) is 7.44. The first-order chi connectivity index (χ1) is 22.2. The Kier molecular flexibility index (Phi) is 9.12. The highest BCUT2D eigenvalue weighted by atomic mass is 32.2. The van der Waals surface area contributed by atoms with Crippen molar-refractivity contribution in [3.05, 3.63) is 102 Å². The van der Waals surface area contributed by atoms with Crippen molar-refractivity contribution in [3.63, 3.8) is 0 Å². The molecule has 0 aliphatic rings. The fourth-order valence-electron chi connectivity index (χ4n) is 4.43. The summed E-state index contributed by atoms with van der Waals surface area (Å²) in [5.41, 5.74) is 1.50. The lowest BCUT2D eigenvalue weighted by Gasteiger charge is -2.11. The molecule has 0 atom stereocenters. The van der Waals surface area contributed by atoms with Gasteiger partial charge in [-0.1, -0.05) is 18.2 Å². The lowest BCUT2D eigenvalue weighted by molar-refractivity contribution is 0.102. The number of aryl methyl sites for hydroxylation is 1. The quantitative estimate of drug-likeness (QED) is 0.0900. The maximum Gasteiger partial charge on any atom is 0.296 e. The van der Waals surface area contributed by atoms with E-state index in [1.807, 2.05) is 0 Å². The van der Waals surface area contributed by atoms with E-state index in [2.05, 4.69) is 25.8 Å². The minimum absolute atomic E-state index is 0.126. The molecule has 5 aromatic rings. The van der Waals surface area contributed by atoms with Crippen LogP contribution in [0.4, 0.5) is 28.4 Å². The minimum atomic E-state index is -4.91. The number of fused-ring (bicyclic) bond motifs is 1. The molecule has 0 fully saturated rings. The average Bonchev–Trinajstić information content (AvgIpc) is 3.03. The van der Waals surface area contributed by atoms with Gasteiger partial charge in [0, 0.05) is 22.7 Å². The van der Waals surface area contributed by atoms with Gasteiger partial charge in [0.2, 0.25) is 0 Å². The number of nitrogens with one attached hydrogen (secondary N) is 1. The van der Waals surface area contributed by atoms with Gasteiger partial charge in [-0.2, -0.15) is 27.1 Å². The predicted molar refractivity (Wildman–Crippen MR) is 172 cm³/mol. The topological polar surface area (TPSA) is 217 Å². The number of rotatable bonds is 9. The van der Waals surface area contributed by atoms with Crippen molar-refractivity contribution in [2.24, 2.45) is 20.5 Å². The highest BCUT2D eigenvalue weighted by Crippen LogP contribution is 2.43. The molecule has 0 spiro atoms. The van der Waals surface area contributed by atoms with Crippen LogP contribution in [-0.2, 0) is 20.2 Å². The number of hydrogen-bond donors (Lipinski definition) is 4. The van der Waals surface area contributed by atoms with Crippen LogP contribution in [0.3, 0.4) is 0 Å². The Labute approximate surface area is 268 Å². The zero-order valence-electron chi connectivity index (χ0n) is 24.6. The Bertz CT molecular complexity index is 2290. The third-order valence-electron chi connectivity index (χ3n) is 6.79. The van der Waals surface area contributed by atoms with Crippen LogP contribution < -0.4 is 10.1 Å². The van der Waals surface area contributed by atoms with E-state index in [4.69, 9.17) is 9.29 Å². The lowest BCUT2D eigenvalue weighted by Crippen LogP contribution is -2.11. The molecule has 0 aromatic heterocycles. The number of amides is 1. The third-order valence-corrected chi connectivity index (χ3v) is 8.52. The molecule has 0 aliphatic carbocycles. The molecular formula is C31H25N5O9S2. The molecule has 0 saturated heterocycles. The molecular weight excluding hydrogens is 651 g/mol. The molecule has 0 radical (unpaired) electrons. The monoisotopic (exact) mass is 675 g/mol. The second-order valence-corrected chi connectivity index (χ2v) is 12.8. The summed E-state index contributed by atoms with van der Waals surface area (Å²) in [7, 11) is -7.92. The number of benzene rings is 5. The van der Waals surface area contributed by atoms with E-state index in [-0.39, 0.29) is 27.1 Å². The van der Waals surface area contributed by atoms with Crippen molar-refractivity contribution in [1.29, 1.82) is 0 Å². The summed E-state index contributed by atoms with van der Waals surface area (Å²) < 4.78 is 71.8. The molecule has 14 nitrogen and oxygen atoms in total. The van der Waals surface area contributed by atoms with Gasteiger partial charge in [0.15, 0.2) is 5.75 Å². The molecule has 5 rings (SSSR count). The number of carbonyl (C=O) groups is 1. The van der Waals surface area contributed by atoms with Gasteiger partial charge in [-0.25, -0.2) is 0 Å². The summed E-state index contributed by atoms with van der Waals surface area (Å²) in [5, 5.41) is 30.4.